The monoisotopic (exact) mass is 168 g/mol. The molecular formula is C8H12N2O2. The Hall–Kier alpha value is -1.24. The molecule has 4 nitrogen and oxygen atoms in total. The van der Waals surface area contributed by atoms with Crippen LogP contribution in [0.5, 0.6) is 0 Å². The average Bonchev–Trinajstić information content (AvgIpc) is 2.09. The smallest absolute Gasteiger partial charge is 0.211 e. The second kappa shape index (κ2) is 7.86. The predicted molar refractivity (Wildman–Crippen MR) is 44.4 cm³/mol. The third-order valence-electron chi connectivity index (χ3n) is 1.50. The molecule has 0 heterocycles. The van der Waals surface area contributed by atoms with Crippen LogP contribution in [-0.2, 0) is 9.59 Å². The molecule has 0 saturated heterocycles. The molecule has 1 atom stereocenters. The summed E-state index contributed by atoms with van der Waals surface area (Å²) in [5.74, 6) is 0.355. The van der Waals surface area contributed by atoms with Gasteiger partial charge in [0.15, 0.2) is 0 Å². The zero-order valence-corrected chi connectivity index (χ0v) is 7.12. The SMILES string of the molecule is C[C@H](CCCN=C=O)CN=C=O. The quantitative estimate of drug-likeness (QED) is 0.338. The van der Waals surface area contributed by atoms with Crippen molar-refractivity contribution in [2.24, 2.45) is 15.9 Å². The van der Waals surface area contributed by atoms with Crippen molar-refractivity contribution in [3.8, 4) is 0 Å². The Morgan fingerprint density at radius 3 is 2.50 bits per heavy atom. The van der Waals surface area contributed by atoms with Crippen molar-refractivity contribution in [2.45, 2.75) is 19.8 Å². The molecule has 0 amide bonds. The van der Waals surface area contributed by atoms with Gasteiger partial charge in [0.2, 0.25) is 12.2 Å². The van der Waals surface area contributed by atoms with Crippen molar-refractivity contribution in [2.75, 3.05) is 13.1 Å². The fourth-order valence-corrected chi connectivity index (χ4v) is 0.849. The van der Waals surface area contributed by atoms with Crippen LogP contribution in [0, 0.1) is 5.92 Å². The minimum atomic E-state index is 0.355. The van der Waals surface area contributed by atoms with Crippen molar-refractivity contribution in [3.63, 3.8) is 0 Å². The van der Waals surface area contributed by atoms with Gasteiger partial charge in [-0.25, -0.2) is 19.6 Å². The molecule has 0 rings (SSSR count). The summed E-state index contributed by atoms with van der Waals surface area (Å²) in [5, 5.41) is 0. The summed E-state index contributed by atoms with van der Waals surface area (Å²) in [6.07, 6.45) is 4.71. The molecule has 0 unspecified atom stereocenters. The van der Waals surface area contributed by atoms with Crippen LogP contribution in [0.1, 0.15) is 19.8 Å². The maximum atomic E-state index is 9.72. The summed E-state index contributed by atoms with van der Waals surface area (Å²) in [4.78, 5) is 26.3. The summed E-state index contributed by atoms with van der Waals surface area (Å²) in [6, 6.07) is 0. The largest absolute Gasteiger partial charge is 0.234 e. The Labute approximate surface area is 71.4 Å². The van der Waals surface area contributed by atoms with Gasteiger partial charge >= 0.3 is 0 Å². The summed E-state index contributed by atoms with van der Waals surface area (Å²) < 4.78 is 0. The van der Waals surface area contributed by atoms with Gasteiger partial charge in [-0.3, -0.25) is 0 Å². The van der Waals surface area contributed by atoms with E-state index >= 15 is 0 Å². The third kappa shape index (κ3) is 6.87. The second-order valence-electron chi connectivity index (χ2n) is 2.65. The van der Waals surface area contributed by atoms with E-state index in [0.29, 0.717) is 19.0 Å². The van der Waals surface area contributed by atoms with Crippen LogP contribution in [0.25, 0.3) is 0 Å². The lowest BCUT2D eigenvalue weighted by Gasteiger charge is -2.03. The van der Waals surface area contributed by atoms with E-state index < -0.39 is 0 Å². The molecule has 0 radical (unpaired) electrons. The van der Waals surface area contributed by atoms with Crippen molar-refractivity contribution in [1.82, 2.24) is 0 Å². The van der Waals surface area contributed by atoms with Crippen LogP contribution >= 0.6 is 0 Å². The average molecular weight is 168 g/mol. The van der Waals surface area contributed by atoms with E-state index in [2.05, 4.69) is 9.98 Å². The number of rotatable bonds is 6. The van der Waals surface area contributed by atoms with Gasteiger partial charge in [0.05, 0.1) is 13.1 Å². The van der Waals surface area contributed by atoms with E-state index in [0.717, 1.165) is 12.8 Å². The minimum Gasteiger partial charge on any atom is -0.211 e. The first-order chi connectivity index (χ1) is 5.81. The first-order valence-electron chi connectivity index (χ1n) is 3.88. The molecule has 0 N–H and O–H groups in total. The molecular weight excluding hydrogens is 156 g/mol. The highest BCUT2D eigenvalue weighted by Gasteiger charge is 1.99. The summed E-state index contributed by atoms with van der Waals surface area (Å²) in [5.41, 5.74) is 0. The topological polar surface area (TPSA) is 58.9 Å². The predicted octanol–water partition coefficient (Wildman–Crippen LogP) is 1.07. The highest BCUT2D eigenvalue weighted by molar-refractivity contribution is 5.33. The van der Waals surface area contributed by atoms with E-state index in [1.54, 1.807) is 0 Å². The standard InChI is InChI=1S/C8H12N2O2/c1-8(5-10-7-12)3-2-4-9-6-11/h8H,2-5H2,1H3/t8-/m1/s1. The number of isocyanates is 2. The molecule has 0 spiro atoms. The molecule has 0 bridgehead atoms. The lowest BCUT2D eigenvalue weighted by molar-refractivity contribution is 0.516. The Balaban J connectivity index is 3.36. The normalized spacial score (nSPS) is 11.1. The highest BCUT2D eigenvalue weighted by atomic mass is 16.1. The van der Waals surface area contributed by atoms with Crippen molar-refractivity contribution in [3.05, 3.63) is 0 Å². The molecule has 4 heteroatoms. The molecule has 0 saturated carbocycles. The number of aliphatic imine (C=N–C) groups is 2. The molecule has 0 aromatic carbocycles. The van der Waals surface area contributed by atoms with Gasteiger partial charge < -0.3 is 0 Å². The van der Waals surface area contributed by atoms with Gasteiger partial charge in [-0.15, -0.1) is 0 Å². The molecule has 0 aromatic heterocycles. The van der Waals surface area contributed by atoms with Crippen molar-refractivity contribution >= 4 is 12.2 Å². The van der Waals surface area contributed by atoms with E-state index in [1.807, 2.05) is 6.92 Å². The Bertz CT molecular complexity index is 203. The fraction of sp³-hybridized carbons (Fsp3) is 0.750. The fourth-order valence-electron chi connectivity index (χ4n) is 0.849. The van der Waals surface area contributed by atoms with Gasteiger partial charge in [-0.1, -0.05) is 6.92 Å². The van der Waals surface area contributed by atoms with Crippen LogP contribution in [0.15, 0.2) is 9.98 Å². The van der Waals surface area contributed by atoms with Gasteiger partial charge in [0, 0.05) is 0 Å². The van der Waals surface area contributed by atoms with Gasteiger partial charge in [-0.05, 0) is 18.8 Å². The molecule has 0 aliphatic rings. The van der Waals surface area contributed by atoms with E-state index in [4.69, 9.17) is 0 Å². The summed E-state index contributed by atoms with van der Waals surface area (Å²) in [6.45, 7) is 3.01. The lowest BCUT2D eigenvalue weighted by atomic mass is 10.1. The van der Waals surface area contributed by atoms with E-state index in [-0.39, 0.29) is 0 Å². The lowest BCUT2D eigenvalue weighted by Crippen LogP contribution is -1.99. The third-order valence-corrected chi connectivity index (χ3v) is 1.50. The Kier molecular flexibility index (Phi) is 7.05. The van der Waals surface area contributed by atoms with Gasteiger partial charge in [-0.2, -0.15) is 0 Å². The summed E-state index contributed by atoms with van der Waals surface area (Å²) in [7, 11) is 0. The highest BCUT2D eigenvalue weighted by Crippen LogP contribution is 2.04. The summed E-state index contributed by atoms with van der Waals surface area (Å²) >= 11 is 0. The van der Waals surface area contributed by atoms with Crippen molar-refractivity contribution in [1.29, 1.82) is 0 Å². The Morgan fingerprint density at radius 2 is 1.92 bits per heavy atom. The first-order valence-corrected chi connectivity index (χ1v) is 3.88. The zero-order chi connectivity index (χ0) is 9.23. The van der Waals surface area contributed by atoms with Crippen LogP contribution in [0.2, 0.25) is 0 Å². The molecule has 0 fully saturated rings. The molecule has 0 aromatic rings. The van der Waals surface area contributed by atoms with Gasteiger partial charge in [0.25, 0.3) is 0 Å². The number of hydrogen-bond acceptors (Lipinski definition) is 4. The Morgan fingerprint density at radius 1 is 1.25 bits per heavy atom. The van der Waals surface area contributed by atoms with Crippen LogP contribution in [0.4, 0.5) is 0 Å². The number of carbonyl (C=O) groups excluding carboxylic acids is 2. The van der Waals surface area contributed by atoms with Crippen LogP contribution in [0.3, 0.4) is 0 Å². The molecule has 66 valence electrons. The minimum absolute atomic E-state index is 0.355. The van der Waals surface area contributed by atoms with Crippen LogP contribution in [-0.4, -0.2) is 25.2 Å². The molecule has 0 aliphatic heterocycles. The van der Waals surface area contributed by atoms with Gasteiger partial charge in [0.1, 0.15) is 0 Å². The van der Waals surface area contributed by atoms with E-state index in [9.17, 15) is 9.59 Å². The van der Waals surface area contributed by atoms with Crippen LogP contribution < -0.4 is 0 Å². The maximum Gasteiger partial charge on any atom is 0.234 e. The first kappa shape index (κ1) is 10.8. The van der Waals surface area contributed by atoms with E-state index in [1.165, 1.54) is 12.2 Å². The van der Waals surface area contributed by atoms with Crippen molar-refractivity contribution < 1.29 is 9.59 Å². The number of hydrogen-bond donors (Lipinski definition) is 0. The molecule has 0 aliphatic carbocycles. The maximum absolute atomic E-state index is 9.72. The zero-order valence-electron chi connectivity index (χ0n) is 7.12. The second-order valence-corrected chi connectivity index (χ2v) is 2.65. The molecule has 12 heavy (non-hydrogen) atoms. The number of nitrogens with zero attached hydrogens (tertiary/aromatic N) is 2.